The highest BCUT2D eigenvalue weighted by Gasteiger charge is 2.32. The number of ether oxygens (including phenoxy) is 1. The monoisotopic (exact) mass is 429 g/mol. The summed E-state index contributed by atoms with van der Waals surface area (Å²) in [5.74, 6) is 0.482. The predicted octanol–water partition coefficient (Wildman–Crippen LogP) is 3.27. The molecular weight excluding hydrogens is 398 g/mol. The second kappa shape index (κ2) is 9.41. The number of likely N-dealkylation sites (tertiary alicyclic amines) is 1. The van der Waals surface area contributed by atoms with E-state index in [0.29, 0.717) is 47.9 Å². The first-order valence-electron chi connectivity index (χ1n) is 10.7. The van der Waals surface area contributed by atoms with Crippen LogP contribution in [0.5, 0.6) is 0 Å². The van der Waals surface area contributed by atoms with Crippen molar-refractivity contribution in [2.24, 2.45) is 5.92 Å². The summed E-state index contributed by atoms with van der Waals surface area (Å²) in [5, 5.41) is 2.90. The molecular formula is C23H31N3O5. The number of aromatic nitrogens is 1. The largest absolute Gasteiger partial charge is 0.465 e. The minimum absolute atomic E-state index is 0.0906. The zero-order valence-corrected chi connectivity index (χ0v) is 18.8. The van der Waals surface area contributed by atoms with Crippen LogP contribution < -0.4 is 5.32 Å². The molecule has 31 heavy (non-hydrogen) atoms. The van der Waals surface area contributed by atoms with E-state index in [1.54, 1.807) is 32.6 Å². The number of carbonyl (C=O) groups excluding carboxylic acids is 3. The summed E-state index contributed by atoms with van der Waals surface area (Å²) in [4.78, 5) is 43.0. The molecule has 3 rings (SSSR count). The van der Waals surface area contributed by atoms with Crippen LogP contribution in [0.2, 0.25) is 0 Å². The lowest BCUT2D eigenvalue weighted by molar-refractivity contribution is -0.126. The lowest BCUT2D eigenvalue weighted by Gasteiger charge is -2.32. The van der Waals surface area contributed by atoms with Gasteiger partial charge in [0.25, 0.3) is 5.91 Å². The molecule has 0 spiro atoms. The fourth-order valence-corrected chi connectivity index (χ4v) is 3.98. The Morgan fingerprint density at radius 2 is 2.00 bits per heavy atom. The highest BCUT2D eigenvalue weighted by atomic mass is 16.5. The van der Waals surface area contributed by atoms with Crippen LogP contribution in [-0.2, 0) is 16.1 Å². The number of nitrogens with one attached hydrogen (secondary N) is 2. The van der Waals surface area contributed by atoms with Gasteiger partial charge in [-0.1, -0.05) is 0 Å². The molecule has 1 atom stereocenters. The van der Waals surface area contributed by atoms with Crippen molar-refractivity contribution in [3.63, 3.8) is 0 Å². The van der Waals surface area contributed by atoms with E-state index < -0.39 is 5.97 Å². The molecule has 0 radical (unpaired) electrons. The maximum Gasteiger partial charge on any atom is 0.340 e. The van der Waals surface area contributed by atoms with Crippen molar-refractivity contribution < 1.29 is 23.5 Å². The molecule has 0 bridgehead atoms. The molecule has 2 aromatic heterocycles. The molecule has 2 amide bonds. The summed E-state index contributed by atoms with van der Waals surface area (Å²) < 4.78 is 10.8. The highest BCUT2D eigenvalue weighted by molar-refractivity contribution is 6.00. The van der Waals surface area contributed by atoms with E-state index in [4.69, 9.17) is 9.15 Å². The smallest absolute Gasteiger partial charge is 0.340 e. The Kier molecular flexibility index (Phi) is 6.87. The number of rotatable bonds is 6. The number of piperidine rings is 1. The third-order valence-corrected chi connectivity index (χ3v) is 5.51. The number of hydrogen-bond acceptors (Lipinski definition) is 5. The Labute approximate surface area is 182 Å². The number of aromatic amines is 1. The number of furan rings is 1. The van der Waals surface area contributed by atoms with Crippen LogP contribution in [0.3, 0.4) is 0 Å². The van der Waals surface area contributed by atoms with Crippen molar-refractivity contribution in [1.29, 1.82) is 0 Å². The maximum atomic E-state index is 13.2. The van der Waals surface area contributed by atoms with Gasteiger partial charge in [0.05, 0.1) is 24.1 Å². The van der Waals surface area contributed by atoms with Gasteiger partial charge in [0.2, 0.25) is 5.91 Å². The Bertz CT molecular complexity index is 972. The van der Waals surface area contributed by atoms with Crippen molar-refractivity contribution in [2.75, 3.05) is 13.1 Å². The molecule has 1 saturated heterocycles. The van der Waals surface area contributed by atoms with Crippen LogP contribution in [0.15, 0.2) is 16.5 Å². The van der Waals surface area contributed by atoms with Crippen molar-refractivity contribution in [3.8, 4) is 0 Å². The van der Waals surface area contributed by atoms with Gasteiger partial charge in [-0.3, -0.25) is 9.59 Å². The molecule has 168 valence electrons. The number of carbonyl (C=O) groups is 3. The van der Waals surface area contributed by atoms with Crippen LogP contribution in [0.4, 0.5) is 0 Å². The van der Waals surface area contributed by atoms with Gasteiger partial charge in [-0.15, -0.1) is 0 Å². The fourth-order valence-electron chi connectivity index (χ4n) is 3.98. The van der Waals surface area contributed by atoms with Crippen LogP contribution in [0.1, 0.15) is 70.3 Å². The van der Waals surface area contributed by atoms with E-state index in [1.807, 2.05) is 19.1 Å². The second-order valence-electron chi connectivity index (χ2n) is 8.40. The molecule has 3 heterocycles. The molecule has 0 aliphatic carbocycles. The van der Waals surface area contributed by atoms with Gasteiger partial charge in [0, 0.05) is 18.8 Å². The van der Waals surface area contributed by atoms with Gasteiger partial charge >= 0.3 is 5.97 Å². The van der Waals surface area contributed by atoms with Gasteiger partial charge in [-0.05, 0) is 65.2 Å². The standard InChI is InChI=1S/C23H31N3O5/c1-13(2)30-23(29)19-15(4)20(25-16(19)5)22(28)26-10-6-7-17(12-26)21(27)24-11-18-9-8-14(3)31-18/h8-9,13,17,25H,6-7,10-12H2,1-5H3,(H,24,27). The Morgan fingerprint density at radius 3 is 2.65 bits per heavy atom. The normalized spacial score (nSPS) is 16.5. The van der Waals surface area contributed by atoms with Gasteiger partial charge in [-0.2, -0.15) is 0 Å². The average molecular weight is 430 g/mol. The summed E-state index contributed by atoms with van der Waals surface area (Å²) in [7, 11) is 0. The van der Waals surface area contributed by atoms with Crippen molar-refractivity contribution in [3.05, 3.63) is 46.2 Å². The molecule has 2 N–H and O–H groups in total. The molecule has 0 aromatic carbocycles. The van der Waals surface area contributed by atoms with E-state index in [-0.39, 0.29) is 23.8 Å². The van der Waals surface area contributed by atoms with Gasteiger partial charge in [0.15, 0.2) is 0 Å². The molecule has 0 saturated carbocycles. The third kappa shape index (κ3) is 5.18. The number of nitrogens with zero attached hydrogens (tertiary/aromatic N) is 1. The minimum Gasteiger partial charge on any atom is -0.465 e. The highest BCUT2D eigenvalue weighted by Crippen LogP contribution is 2.24. The molecule has 8 nitrogen and oxygen atoms in total. The predicted molar refractivity (Wildman–Crippen MR) is 115 cm³/mol. The van der Waals surface area contributed by atoms with Crippen LogP contribution in [-0.4, -0.2) is 46.9 Å². The summed E-state index contributed by atoms with van der Waals surface area (Å²) >= 11 is 0. The summed E-state index contributed by atoms with van der Waals surface area (Å²) in [6.07, 6.45) is 1.22. The lowest BCUT2D eigenvalue weighted by Crippen LogP contribution is -2.45. The van der Waals surface area contributed by atoms with E-state index in [1.165, 1.54) is 0 Å². The van der Waals surface area contributed by atoms with Gasteiger partial charge < -0.3 is 24.4 Å². The fraction of sp³-hybridized carbons (Fsp3) is 0.522. The Hall–Kier alpha value is -3.03. The summed E-state index contributed by atoms with van der Waals surface area (Å²) in [6, 6.07) is 3.69. The molecule has 1 fully saturated rings. The van der Waals surface area contributed by atoms with E-state index in [0.717, 1.165) is 18.6 Å². The molecule has 1 aliphatic heterocycles. The summed E-state index contributed by atoms with van der Waals surface area (Å²) in [5.41, 5.74) is 1.96. The Morgan fingerprint density at radius 1 is 1.26 bits per heavy atom. The Balaban J connectivity index is 1.66. The molecule has 1 unspecified atom stereocenters. The topological polar surface area (TPSA) is 105 Å². The third-order valence-electron chi connectivity index (χ3n) is 5.51. The first-order chi connectivity index (χ1) is 14.7. The first kappa shape index (κ1) is 22.7. The number of H-pyrrole nitrogens is 1. The number of esters is 1. The summed E-state index contributed by atoms with van der Waals surface area (Å²) in [6.45, 7) is 10.2. The van der Waals surface area contributed by atoms with E-state index in [2.05, 4.69) is 10.3 Å². The molecule has 8 heteroatoms. The zero-order valence-electron chi connectivity index (χ0n) is 18.8. The van der Waals surface area contributed by atoms with Crippen molar-refractivity contribution in [2.45, 2.75) is 60.1 Å². The van der Waals surface area contributed by atoms with Crippen LogP contribution >= 0.6 is 0 Å². The van der Waals surface area contributed by atoms with Crippen molar-refractivity contribution >= 4 is 17.8 Å². The number of aryl methyl sites for hydroxylation is 2. The number of amides is 2. The SMILES string of the molecule is Cc1ccc(CNC(=O)C2CCCN(C(=O)c3[nH]c(C)c(C(=O)OC(C)C)c3C)C2)o1. The second-order valence-corrected chi connectivity index (χ2v) is 8.40. The lowest BCUT2D eigenvalue weighted by atomic mass is 9.96. The van der Waals surface area contributed by atoms with E-state index >= 15 is 0 Å². The van der Waals surface area contributed by atoms with Gasteiger partial charge in [-0.25, -0.2) is 4.79 Å². The first-order valence-corrected chi connectivity index (χ1v) is 10.7. The maximum absolute atomic E-state index is 13.2. The zero-order chi connectivity index (χ0) is 22.7. The minimum atomic E-state index is -0.440. The molecule has 2 aromatic rings. The van der Waals surface area contributed by atoms with Gasteiger partial charge in [0.1, 0.15) is 17.2 Å². The molecule has 1 aliphatic rings. The van der Waals surface area contributed by atoms with Crippen LogP contribution in [0, 0.1) is 26.7 Å². The van der Waals surface area contributed by atoms with E-state index in [9.17, 15) is 14.4 Å². The number of hydrogen-bond donors (Lipinski definition) is 2. The van der Waals surface area contributed by atoms with Crippen molar-refractivity contribution in [1.82, 2.24) is 15.2 Å². The van der Waals surface area contributed by atoms with Crippen LogP contribution in [0.25, 0.3) is 0 Å². The average Bonchev–Trinajstić information content (AvgIpc) is 3.27. The quantitative estimate of drug-likeness (QED) is 0.686.